The first-order valence-corrected chi connectivity index (χ1v) is 3.20. The van der Waals surface area contributed by atoms with E-state index in [0.29, 0.717) is 0 Å². The first-order chi connectivity index (χ1) is 5.70. The van der Waals surface area contributed by atoms with E-state index in [1.54, 1.807) is 0 Å². The maximum absolute atomic E-state index is 11.0. The van der Waals surface area contributed by atoms with Gasteiger partial charge in [0.2, 0.25) is 0 Å². The molecule has 0 radical (unpaired) electrons. The van der Waals surface area contributed by atoms with Crippen LogP contribution in [0.3, 0.4) is 0 Å². The molecule has 62 valence electrons. The quantitative estimate of drug-likeness (QED) is 0.510. The number of carbonyl (C=O) groups is 2. The highest BCUT2D eigenvalue weighted by Gasteiger charge is 2.09. The molecule has 0 saturated heterocycles. The largest absolute Gasteiger partial charge is 0.481 e. The third-order valence-electron chi connectivity index (χ3n) is 1.19. The van der Waals surface area contributed by atoms with Crippen LogP contribution in [0.4, 0.5) is 0 Å². The van der Waals surface area contributed by atoms with Gasteiger partial charge in [0.15, 0.2) is 5.78 Å². The van der Waals surface area contributed by atoms with Gasteiger partial charge < -0.3 is 5.11 Å². The summed E-state index contributed by atoms with van der Waals surface area (Å²) >= 11 is 0. The third kappa shape index (κ3) is 2.12. The molecule has 0 saturated carbocycles. The van der Waals surface area contributed by atoms with Crippen LogP contribution in [0.2, 0.25) is 0 Å². The summed E-state index contributed by atoms with van der Waals surface area (Å²) in [5.41, 5.74) is 0.222. The second-order valence-corrected chi connectivity index (χ2v) is 2.12. The molecule has 1 aromatic heterocycles. The Balaban J connectivity index is 2.73. The van der Waals surface area contributed by atoms with Gasteiger partial charge in [-0.2, -0.15) is 0 Å². The lowest BCUT2D eigenvalue weighted by molar-refractivity contribution is -0.135. The minimum absolute atomic E-state index is 0.222. The fraction of sp³-hybridized carbons (Fsp3) is 0.143. The highest BCUT2D eigenvalue weighted by atomic mass is 16.4. The van der Waals surface area contributed by atoms with Gasteiger partial charge >= 0.3 is 5.97 Å². The molecule has 1 heterocycles. The summed E-state index contributed by atoms with van der Waals surface area (Å²) < 4.78 is 0. The van der Waals surface area contributed by atoms with Gasteiger partial charge in [-0.05, 0) is 0 Å². The van der Waals surface area contributed by atoms with E-state index in [0.717, 1.165) is 0 Å². The molecule has 0 atom stereocenters. The number of nitrogens with zero attached hydrogens (tertiary/aromatic N) is 2. The topological polar surface area (TPSA) is 80.1 Å². The SMILES string of the molecule is O=C(O)CC(=O)c1cncnc1. The van der Waals surface area contributed by atoms with Crippen LogP contribution < -0.4 is 0 Å². The molecule has 0 unspecified atom stereocenters. The van der Waals surface area contributed by atoms with E-state index in [4.69, 9.17) is 5.11 Å². The molecule has 5 nitrogen and oxygen atoms in total. The number of carboxylic acids is 1. The number of Topliss-reactive ketones (excluding diaryl/α,β-unsaturated/α-hetero) is 1. The molecule has 12 heavy (non-hydrogen) atoms. The van der Waals surface area contributed by atoms with Gasteiger partial charge in [0.25, 0.3) is 0 Å². The van der Waals surface area contributed by atoms with Gasteiger partial charge in [0.05, 0.1) is 5.56 Å². The van der Waals surface area contributed by atoms with Gasteiger partial charge in [0, 0.05) is 12.4 Å². The first-order valence-electron chi connectivity index (χ1n) is 3.20. The van der Waals surface area contributed by atoms with Gasteiger partial charge in [0.1, 0.15) is 12.7 Å². The molecule has 5 heteroatoms. The van der Waals surface area contributed by atoms with Crippen molar-refractivity contribution in [3.8, 4) is 0 Å². The van der Waals surface area contributed by atoms with E-state index >= 15 is 0 Å². The van der Waals surface area contributed by atoms with Crippen molar-refractivity contribution >= 4 is 11.8 Å². The zero-order valence-corrected chi connectivity index (χ0v) is 6.10. The molecule has 1 aromatic rings. The summed E-state index contributed by atoms with van der Waals surface area (Å²) in [5.74, 6) is -1.63. The Morgan fingerprint density at radius 2 is 1.92 bits per heavy atom. The standard InChI is InChI=1S/C7H6N2O3/c10-6(1-7(11)12)5-2-8-4-9-3-5/h2-4H,1H2,(H,11,12). The Morgan fingerprint density at radius 1 is 1.33 bits per heavy atom. The van der Waals surface area contributed by atoms with Crippen molar-refractivity contribution in [1.29, 1.82) is 0 Å². The number of aromatic nitrogens is 2. The predicted molar refractivity (Wildman–Crippen MR) is 38.6 cm³/mol. The van der Waals surface area contributed by atoms with Crippen molar-refractivity contribution in [2.45, 2.75) is 6.42 Å². The summed E-state index contributed by atoms with van der Waals surface area (Å²) in [6.45, 7) is 0. The van der Waals surface area contributed by atoms with Crippen LogP contribution in [-0.4, -0.2) is 26.8 Å². The molecule has 1 N–H and O–H groups in total. The lowest BCUT2D eigenvalue weighted by atomic mass is 10.2. The average molecular weight is 166 g/mol. The monoisotopic (exact) mass is 166 g/mol. The van der Waals surface area contributed by atoms with Crippen LogP contribution in [0, 0.1) is 0 Å². The molecule has 0 bridgehead atoms. The molecular formula is C7H6N2O3. The van der Waals surface area contributed by atoms with E-state index in [-0.39, 0.29) is 5.56 Å². The molecule has 0 aliphatic rings. The van der Waals surface area contributed by atoms with Crippen LogP contribution >= 0.6 is 0 Å². The highest BCUT2D eigenvalue weighted by Crippen LogP contribution is 1.98. The van der Waals surface area contributed by atoms with Crippen LogP contribution in [0.25, 0.3) is 0 Å². The van der Waals surface area contributed by atoms with Crippen molar-refractivity contribution in [2.75, 3.05) is 0 Å². The zero-order valence-electron chi connectivity index (χ0n) is 6.10. The molecule has 0 aromatic carbocycles. The first kappa shape index (κ1) is 8.32. The van der Waals surface area contributed by atoms with E-state index in [9.17, 15) is 9.59 Å². The number of rotatable bonds is 3. The zero-order chi connectivity index (χ0) is 8.97. The molecule has 0 fully saturated rings. The lowest BCUT2D eigenvalue weighted by Crippen LogP contribution is -2.07. The fourth-order valence-corrected chi connectivity index (χ4v) is 0.682. The number of carbonyl (C=O) groups excluding carboxylic acids is 1. The Kier molecular flexibility index (Phi) is 2.47. The van der Waals surface area contributed by atoms with Crippen LogP contribution in [0.15, 0.2) is 18.7 Å². The minimum atomic E-state index is -1.15. The summed E-state index contributed by atoms with van der Waals surface area (Å²) in [6, 6.07) is 0. The van der Waals surface area contributed by atoms with Crippen molar-refractivity contribution < 1.29 is 14.7 Å². The Hall–Kier alpha value is -1.78. The van der Waals surface area contributed by atoms with Crippen molar-refractivity contribution in [1.82, 2.24) is 9.97 Å². The Bertz CT molecular complexity index is 297. The maximum Gasteiger partial charge on any atom is 0.311 e. The Morgan fingerprint density at radius 3 is 2.42 bits per heavy atom. The van der Waals surface area contributed by atoms with Gasteiger partial charge in [-0.15, -0.1) is 0 Å². The highest BCUT2D eigenvalue weighted by molar-refractivity contribution is 6.05. The number of hydrogen-bond acceptors (Lipinski definition) is 4. The number of aliphatic carboxylic acids is 1. The van der Waals surface area contributed by atoms with Crippen molar-refractivity contribution in [3.63, 3.8) is 0 Å². The number of carboxylic acid groups (broad SMARTS) is 1. The fourth-order valence-electron chi connectivity index (χ4n) is 0.682. The summed E-state index contributed by atoms with van der Waals surface area (Å²) in [4.78, 5) is 28.3. The smallest absolute Gasteiger partial charge is 0.311 e. The number of ketones is 1. The normalized spacial score (nSPS) is 9.33. The molecule has 0 amide bonds. The number of hydrogen-bond donors (Lipinski definition) is 1. The maximum atomic E-state index is 11.0. The summed E-state index contributed by atoms with van der Waals surface area (Å²) in [6.07, 6.45) is 3.33. The second-order valence-electron chi connectivity index (χ2n) is 2.12. The van der Waals surface area contributed by atoms with Gasteiger partial charge in [-0.1, -0.05) is 0 Å². The molecule has 0 spiro atoms. The lowest BCUT2D eigenvalue weighted by Gasteiger charge is -1.93. The minimum Gasteiger partial charge on any atom is -0.481 e. The summed E-state index contributed by atoms with van der Waals surface area (Å²) in [5, 5.41) is 8.28. The van der Waals surface area contributed by atoms with Gasteiger partial charge in [-0.3, -0.25) is 9.59 Å². The molecule has 0 aliphatic heterocycles. The average Bonchev–Trinajstić information content (AvgIpc) is 2.05. The van der Waals surface area contributed by atoms with E-state index < -0.39 is 18.2 Å². The summed E-state index contributed by atoms with van der Waals surface area (Å²) in [7, 11) is 0. The van der Waals surface area contributed by atoms with E-state index in [1.165, 1.54) is 18.7 Å². The molecule has 1 rings (SSSR count). The van der Waals surface area contributed by atoms with E-state index in [1.807, 2.05) is 0 Å². The van der Waals surface area contributed by atoms with Gasteiger partial charge in [-0.25, -0.2) is 9.97 Å². The van der Waals surface area contributed by atoms with E-state index in [2.05, 4.69) is 9.97 Å². The third-order valence-corrected chi connectivity index (χ3v) is 1.19. The Labute approximate surface area is 68.1 Å². The van der Waals surface area contributed by atoms with Crippen LogP contribution in [0.1, 0.15) is 16.8 Å². The van der Waals surface area contributed by atoms with Crippen molar-refractivity contribution in [3.05, 3.63) is 24.3 Å². The predicted octanol–water partition coefficient (Wildman–Crippen LogP) is 0.134. The molecule has 0 aliphatic carbocycles. The van der Waals surface area contributed by atoms with Crippen LogP contribution in [-0.2, 0) is 4.79 Å². The van der Waals surface area contributed by atoms with Crippen LogP contribution in [0.5, 0.6) is 0 Å². The van der Waals surface area contributed by atoms with Crippen molar-refractivity contribution in [2.24, 2.45) is 0 Å². The molecular weight excluding hydrogens is 160 g/mol. The second kappa shape index (κ2) is 3.56.